The normalized spacial score (nSPS) is 21.2. The summed E-state index contributed by atoms with van der Waals surface area (Å²) >= 11 is 0. The third-order valence-corrected chi connectivity index (χ3v) is 4.62. The van der Waals surface area contributed by atoms with Gasteiger partial charge in [0.05, 0.1) is 5.69 Å². The standard InChI is InChI=1S/C19H21N5/c1-13-12-24(14(2)10-22-13)19-17-5-8-21-11-16(17)9-18(23-19)15-3-6-20-7-4-15/h3-9,11,13-14,22H,10,12H2,1-2H3/t13-,14+/m1/s1. The molecule has 2 atom stereocenters. The summed E-state index contributed by atoms with van der Waals surface area (Å²) in [5.74, 6) is 1.04. The van der Waals surface area contributed by atoms with Gasteiger partial charge in [0.15, 0.2) is 0 Å². The molecular formula is C19H21N5. The second kappa shape index (κ2) is 6.17. The second-order valence-electron chi connectivity index (χ2n) is 6.47. The molecule has 0 saturated carbocycles. The average Bonchev–Trinajstić information content (AvgIpc) is 2.63. The van der Waals surface area contributed by atoms with Crippen molar-refractivity contribution in [3.63, 3.8) is 0 Å². The minimum Gasteiger partial charge on any atom is -0.351 e. The first-order chi connectivity index (χ1) is 11.7. The van der Waals surface area contributed by atoms with Crippen LogP contribution >= 0.6 is 0 Å². The van der Waals surface area contributed by atoms with Crippen LogP contribution in [0.25, 0.3) is 22.0 Å². The second-order valence-corrected chi connectivity index (χ2v) is 6.47. The number of rotatable bonds is 2. The fourth-order valence-corrected chi connectivity index (χ4v) is 3.29. The van der Waals surface area contributed by atoms with E-state index < -0.39 is 0 Å². The third kappa shape index (κ3) is 2.71. The van der Waals surface area contributed by atoms with E-state index >= 15 is 0 Å². The molecule has 3 aromatic rings. The van der Waals surface area contributed by atoms with Crippen LogP contribution in [0.15, 0.2) is 49.1 Å². The van der Waals surface area contributed by atoms with Crippen LogP contribution in [0, 0.1) is 0 Å². The Kier molecular flexibility index (Phi) is 3.86. The maximum absolute atomic E-state index is 5.02. The van der Waals surface area contributed by atoms with Gasteiger partial charge in [-0.2, -0.15) is 0 Å². The van der Waals surface area contributed by atoms with Crippen LogP contribution in [0.2, 0.25) is 0 Å². The van der Waals surface area contributed by atoms with Gasteiger partial charge in [-0.15, -0.1) is 0 Å². The highest BCUT2D eigenvalue weighted by Gasteiger charge is 2.25. The summed E-state index contributed by atoms with van der Waals surface area (Å²) in [6.07, 6.45) is 7.37. The minimum atomic E-state index is 0.401. The van der Waals surface area contributed by atoms with Crippen LogP contribution in [0.1, 0.15) is 13.8 Å². The number of hydrogen-bond acceptors (Lipinski definition) is 5. The van der Waals surface area contributed by atoms with Gasteiger partial charge in [0.2, 0.25) is 0 Å². The van der Waals surface area contributed by atoms with Crippen molar-refractivity contribution in [3.05, 3.63) is 49.1 Å². The van der Waals surface area contributed by atoms with Gasteiger partial charge >= 0.3 is 0 Å². The maximum atomic E-state index is 5.02. The van der Waals surface area contributed by atoms with E-state index in [1.807, 2.05) is 24.5 Å². The Labute approximate surface area is 141 Å². The number of nitrogens with one attached hydrogen (secondary N) is 1. The van der Waals surface area contributed by atoms with E-state index in [2.05, 4.69) is 46.2 Å². The predicted octanol–water partition coefficient (Wildman–Crippen LogP) is 2.88. The molecule has 0 bridgehead atoms. The molecule has 1 N–H and O–H groups in total. The molecule has 4 heterocycles. The molecule has 24 heavy (non-hydrogen) atoms. The Morgan fingerprint density at radius 3 is 2.71 bits per heavy atom. The number of piperazine rings is 1. The van der Waals surface area contributed by atoms with Crippen molar-refractivity contribution in [2.24, 2.45) is 0 Å². The lowest BCUT2D eigenvalue weighted by molar-refractivity contribution is 0.423. The molecule has 0 aromatic carbocycles. The van der Waals surface area contributed by atoms with E-state index in [9.17, 15) is 0 Å². The fraction of sp³-hybridized carbons (Fsp3) is 0.316. The van der Waals surface area contributed by atoms with Crippen molar-refractivity contribution in [1.82, 2.24) is 20.3 Å². The van der Waals surface area contributed by atoms with Gasteiger partial charge < -0.3 is 10.2 Å². The van der Waals surface area contributed by atoms with E-state index in [0.717, 1.165) is 40.9 Å². The summed E-state index contributed by atoms with van der Waals surface area (Å²) in [4.78, 5) is 15.8. The summed E-state index contributed by atoms with van der Waals surface area (Å²) in [7, 11) is 0. The zero-order valence-electron chi connectivity index (χ0n) is 14.0. The first-order valence-corrected chi connectivity index (χ1v) is 8.37. The van der Waals surface area contributed by atoms with Crippen LogP contribution in [0.5, 0.6) is 0 Å². The van der Waals surface area contributed by atoms with E-state index in [4.69, 9.17) is 4.98 Å². The summed E-state index contributed by atoms with van der Waals surface area (Å²) in [5, 5.41) is 5.81. The van der Waals surface area contributed by atoms with Crippen molar-refractivity contribution < 1.29 is 0 Å². The van der Waals surface area contributed by atoms with E-state index in [0.29, 0.717) is 12.1 Å². The number of anilines is 1. The van der Waals surface area contributed by atoms with Gasteiger partial charge in [-0.3, -0.25) is 9.97 Å². The largest absolute Gasteiger partial charge is 0.351 e. The molecule has 0 spiro atoms. The number of hydrogen-bond donors (Lipinski definition) is 1. The zero-order chi connectivity index (χ0) is 16.5. The highest BCUT2D eigenvalue weighted by atomic mass is 15.3. The highest BCUT2D eigenvalue weighted by Crippen LogP contribution is 2.31. The molecule has 122 valence electrons. The monoisotopic (exact) mass is 319 g/mol. The van der Waals surface area contributed by atoms with Crippen LogP contribution in [-0.2, 0) is 0 Å². The Bertz CT molecular complexity index is 849. The molecule has 1 saturated heterocycles. The SMILES string of the molecule is C[C@@H]1CN(c2nc(-c3ccncc3)cc3cnccc23)[C@@H](C)CN1. The predicted molar refractivity (Wildman–Crippen MR) is 97.0 cm³/mol. The molecule has 3 aromatic heterocycles. The topological polar surface area (TPSA) is 53.9 Å². The van der Waals surface area contributed by atoms with Crippen LogP contribution in [0.4, 0.5) is 5.82 Å². The van der Waals surface area contributed by atoms with Crippen molar-refractivity contribution in [2.45, 2.75) is 25.9 Å². The first-order valence-electron chi connectivity index (χ1n) is 8.37. The molecular weight excluding hydrogens is 298 g/mol. The van der Waals surface area contributed by atoms with E-state index in [-0.39, 0.29) is 0 Å². The lowest BCUT2D eigenvalue weighted by atomic mass is 10.1. The Morgan fingerprint density at radius 1 is 1.08 bits per heavy atom. The molecule has 4 rings (SSSR count). The zero-order valence-corrected chi connectivity index (χ0v) is 14.0. The fourth-order valence-electron chi connectivity index (χ4n) is 3.29. The number of fused-ring (bicyclic) bond motifs is 1. The molecule has 0 aliphatic carbocycles. The summed E-state index contributed by atoms with van der Waals surface area (Å²) in [6, 6.07) is 9.02. The molecule has 1 aliphatic heterocycles. The van der Waals surface area contributed by atoms with Gasteiger partial charge in [0, 0.05) is 66.3 Å². The average molecular weight is 319 g/mol. The van der Waals surface area contributed by atoms with Gasteiger partial charge in [0.1, 0.15) is 5.82 Å². The van der Waals surface area contributed by atoms with Crippen LogP contribution in [-0.4, -0.2) is 40.1 Å². The van der Waals surface area contributed by atoms with Gasteiger partial charge in [-0.1, -0.05) is 0 Å². The third-order valence-electron chi connectivity index (χ3n) is 4.62. The molecule has 5 nitrogen and oxygen atoms in total. The number of pyridine rings is 3. The van der Waals surface area contributed by atoms with Crippen LogP contribution < -0.4 is 10.2 Å². The summed E-state index contributed by atoms with van der Waals surface area (Å²) in [5.41, 5.74) is 2.04. The van der Waals surface area contributed by atoms with Gasteiger partial charge in [-0.05, 0) is 38.1 Å². The first kappa shape index (κ1) is 15.0. The van der Waals surface area contributed by atoms with Crippen molar-refractivity contribution >= 4 is 16.6 Å². The molecule has 0 radical (unpaired) electrons. The van der Waals surface area contributed by atoms with Crippen molar-refractivity contribution in [3.8, 4) is 11.3 Å². The minimum absolute atomic E-state index is 0.401. The Balaban J connectivity index is 1.89. The van der Waals surface area contributed by atoms with E-state index in [1.54, 1.807) is 12.4 Å². The van der Waals surface area contributed by atoms with Gasteiger partial charge in [0.25, 0.3) is 0 Å². The van der Waals surface area contributed by atoms with Crippen molar-refractivity contribution in [1.29, 1.82) is 0 Å². The quantitative estimate of drug-likeness (QED) is 0.787. The molecule has 1 aliphatic rings. The number of aromatic nitrogens is 3. The van der Waals surface area contributed by atoms with Crippen molar-refractivity contribution in [2.75, 3.05) is 18.0 Å². The number of nitrogens with zero attached hydrogens (tertiary/aromatic N) is 4. The molecule has 0 unspecified atom stereocenters. The molecule has 0 amide bonds. The lowest BCUT2D eigenvalue weighted by Crippen LogP contribution is -2.54. The molecule has 5 heteroatoms. The maximum Gasteiger partial charge on any atom is 0.137 e. The van der Waals surface area contributed by atoms with E-state index in [1.165, 1.54) is 0 Å². The Morgan fingerprint density at radius 2 is 1.88 bits per heavy atom. The summed E-state index contributed by atoms with van der Waals surface area (Å²) < 4.78 is 0. The lowest BCUT2D eigenvalue weighted by Gasteiger charge is -2.39. The van der Waals surface area contributed by atoms with Crippen LogP contribution in [0.3, 0.4) is 0 Å². The van der Waals surface area contributed by atoms with Gasteiger partial charge in [-0.25, -0.2) is 4.98 Å². The Hall–Kier alpha value is -2.53. The summed E-state index contributed by atoms with van der Waals surface area (Å²) in [6.45, 7) is 6.38. The molecule has 1 fully saturated rings. The smallest absolute Gasteiger partial charge is 0.137 e. The highest BCUT2D eigenvalue weighted by molar-refractivity contribution is 5.94.